The fraction of sp³-hybridized carbons (Fsp3) is 0.192. The van der Waals surface area contributed by atoms with Crippen LogP contribution in [0.5, 0.6) is 0 Å². The molecule has 0 bridgehead atoms. The number of carbonyl (C=O) groups is 1. The van der Waals surface area contributed by atoms with Crippen molar-refractivity contribution in [2.45, 2.75) is 32.2 Å². The topological polar surface area (TPSA) is 95.7 Å². The lowest BCUT2D eigenvalue weighted by Crippen LogP contribution is -2.18. The lowest BCUT2D eigenvalue weighted by molar-refractivity contribution is -0.137. The Morgan fingerprint density at radius 1 is 1.14 bits per heavy atom. The number of nitrogens with one attached hydrogen (secondary N) is 1. The number of carboxylic acids is 1. The molecule has 4 aromatic rings. The summed E-state index contributed by atoms with van der Waals surface area (Å²) in [7, 11) is 0. The molecule has 1 aliphatic rings. The van der Waals surface area contributed by atoms with E-state index in [0.29, 0.717) is 13.1 Å². The van der Waals surface area contributed by atoms with E-state index in [1.165, 1.54) is 25.1 Å². The number of aromatic nitrogens is 1. The molecule has 2 aromatic heterocycles. The molecule has 2 aromatic carbocycles. The van der Waals surface area contributed by atoms with Crippen molar-refractivity contribution in [3.8, 4) is 0 Å². The van der Waals surface area contributed by atoms with Crippen molar-refractivity contribution in [1.29, 1.82) is 0 Å². The first-order chi connectivity index (χ1) is 17.5. The van der Waals surface area contributed by atoms with Gasteiger partial charge in [0.05, 0.1) is 22.7 Å². The molecule has 1 aliphatic heterocycles. The zero-order valence-electron chi connectivity index (χ0n) is 19.3. The highest BCUT2D eigenvalue weighted by atomic mass is 35.5. The van der Waals surface area contributed by atoms with Crippen LogP contribution in [-0.2, 0) is 19.3 Å². The van der Waals surface area contributed by atoms with Crippen LogP contribution in [0.25, 0.3) is 11.0 Å². The molecule has 1 atom stereocenters. The Bertz CT molecular complexity index is 1580. The second-order valence-corrected chi connectivity index (χ2v) is 9.10. The summed E-state index contributed by atoms with van der Waals surface area (Å²) in [6, 6.07) is 12.4. The number of benzene rings is 2. The normalized spacial score (nSPS) is 14.0. The van der Waals surface area contributed by atoms with Gasteiger partial charge in [-0.1, -0.05) is 35.9 Å². The molecule has 0 saturated carbocycles. The summed E-state index contributed by atoms with van der Waals surface area (Å²) in [4.78, 5) is 30.3. The van der Waals surface area contributed by atoms with Gasteiger partial charge in [-0.3, -0.25) is 4.79 Å². The van der Waals surface area contributed by atoms with Gasteiger partial charge in [0.15, 0.2) is 11.1 Å². The van der Waals surface area contributed by atoms with Crippen molar-refractivity contribution >= 4 is 40.1 Å². The van der Waals surface area contributed by atoms with Crippen molar-refractivity contribution in [2.24, 2.45) is 0 Å². The quantitative estimate of drug-likeness (QED) is 0.295. The number of halogens is 4. The number of fused-ring (bicyclic) bond motifs is 2. The lowest BCUT2D eigenvalue weighted by Gasteiger charge is -2.21. The van der Waals surface area contributed by atoms with Crippen molar-refractivity contribution in [2.75, 3.05) is 10.2 Å². The van der Waals surface area contributed by atoms with E-state index in [2.05, 4.69) is 10.3 Å². The SMILES string of the molecule is CC(Nc1ccc(Cl)nc1C(=O)O)c1cc(C(F)(F)F)cc2c(=O)cc(N3Cc4ccccc4C3)oc12. The third-order valence-electron chi connectivity index (χ3n) is 6.23. The molecule has 0 fully saturated rings. The smallest absolute Gasteiger partial charge is 0.416 e. The molecule has 0 radical (unpaired) electrons. The first kappa shape index (κ1) is 24.6. The van der Waals surface area contributed by atoms with Gasteiger partial charge in [-0.05, 0) is 42.3 Å². The Kier molecular flexibility index (Phi) is 6.07. The highest BCUT2D eigenvalue weighted by molar-refractivity contribution is 6.29. The van der Waals surface area contributed by atoms with Crippen molar-refractivity contribution in [1.82, 2.24) is 4.98 Å². The number of alkyl halides is 3. The van der Waals surface area contributed by atoms with Crippen LogP contribution in [0, 0.1) is 0 Å². The van der Waals surface area contributed by atoms with Crippen LogP contribution in [0.15, 0.2) is 63.8 Å². The Morgan fingerprint density at radius 3 is 2.43 bits per heavy atom. The molecule has 0 spiro atoms. The minimum absolute atomic E-state index is 0.0229. The maximum absolute atomic E-state index is 13.7. The Balaban J connectivity index is 1.63. The third kappa shape index (κ3) is 4.72. The van der Waals surface area contributed by atoms with E-state index in [1.54, 1.807) is 0 Å². The van der Waals surface area contributed by atoms with E-state index in [-0.39, 0.29) is 33.3 Å². The van der Waals surface area contributed by atoms with Crippen LogP contribution in [0.1, 0.15) is 45.7 Å². The number of aromatic carboxylic acids is 1. The van der Waals surface area contributed by atoms with Crippen LogP contribution >= 0.6 is 11.6 Å². The van der Waals surface area contributed by atoms with Gasteiger partial charge in [-0.25, -0.2) is 9.78 Å². The minimum atomic E-state index is -4.72. The summed E-state index contributed by atoms with van der Waals surface area (Å²) in [5.41, 5.74) is 0.137. The molecule has 3 heterocycles. The number of pyridine rings is 1. The molecule has 0 amide bonds. The number of nitrogens with zero attached hydrogens (tertiary/aromatic N) is 2. The van der Waals surface area contributed by atoms with Crippen LogP contribution in [0.4, 0.5) is 24.7 Å². The van der Waals surface area contributed by atoms with Gasteiger partial charge in [0.2, 0.25) is 5.88 Å². The molecule has 7 nitrogen and oxygen atoms in total. The summed E-state index contributed by atoms with van der Waals surface area (Å²) >= 11 is 5.81. The molecule has 190 valence electrons. The summed E-state index contributed by atoms with van der Waals surface area (Å²) < 4.78 is 47.3. The standard InChI is InChI=1S/C26H19ClF3N3O4/c1-13(31-19-6-7-21(27)32-23(19)25(35)36)17-8-16(26(28,29)30)9-18-20(34)10-22(37-24(17)18)33-11-14-4-2-3-5-15(14)12-33/h2-10,13,31H,11-12H2,1H3,(H,35,36). The lowest BCUT2D eigenvalue weighted by atomic mass is 10.00. The van der Waals surface area contributed by atoms with E-state index in [9.17, 15) is 27.9 Å². The molecular weight excluding hydrogens is 511 g/mol. The maximum atomic E-state index is 13.7. The Labute approximate surface area is 213 Å². The van der Waals surface area contributed by atoms with Crippen molar-refractivity contribution in [3.05, 3.63) is 97.9 Å². The van der Waals surface area contributed by atoms with Gasteiger partial charge >= 0.3 is 12.1 Å². The molecule has 0 aliphatic carbocycles. The number of hydrogen-bond donors (Lipinski definition) is 2. The fourth-order valence-corrected chi connectivity index (χ4v) is 4.58. The van der Waals surface area contributed by atoms with Crippen LogP contribution in [0.2, 0.25) is 5.15 Å². The predicted octanol–water partition coefficient (Wildman–Crippen LogP) is 6.25. The van der Waals surface area contributed by atoms with E-state index in [1.807, 2.05) is 29.2 Å². The average molecular weight is 530 g/mol. The van der Waals surface area contributed by atoms with E-state index in [4.69, 9.17) is 16.0 Å². The molecular formula is C26H19ClF3N3O4. The number of rotatable bonds is 5. The number of hydrogen-bond acceptors (Lipinski definition) is 6. The molecule has 0 saturated heterocycles. The highest BCUT2D eigenvalue weighted by Gasteiger charge is 2.33. The van der Waals surface area contributed by atoms with Gasteiger partial charge < -0.3 is 19.7 Å². The largest absolute Gasteiger partial charge is 0.476 e. The van der Waals surface area contributed by atoms with Crippen LogP contribution < -0.4 is 15.6 Å². The Hall–Kier alpha value is -4.05. The first-order valence-corrected chi connectivity index (χ1v) is 11.6. The van der Waals surface area contributed by atoms with E-state index < -0.39 is 34.9 Å². The van der Waals surface area contributed by atoms with Crippen LogP contribution in [-0.4, -0.2) is 16.1 Å². The minimum Gasteiger partial charge on any atom is -0.476 e. The second kappa shape index (κ2) is 9.11. The second-order valence-electron chi connectivity index (χ2n) is 8.71. The number of carboxylic acid groups (broad SMARTS) is 1. The van der Waals surface area contributed by atoms with Crippen molar-refractivity contribution in [3.63, 3.8) is 0 Å². The van der Waals surface area contributed by atoms with Gasteiger partial charge in [0, 0.05) is 24.7 Å². The zero-order valence-corrected chi connectivity index (χ0v) is 20.0. The van der Waals surface area contributed by atoms with Crippen molar-refractivity contribution < 1.29 is 27.5 Å². The first-order valence-electron chi connectivity index (χ1n) is 11.2. The predicted molar refractivity (Wildman–Crippen MR) is 132 cm³/mol. The van der Waals surface area contributed by atoms with Gasteiger partial charge in [-0.2, -0.15) is 13.2 Å². The molecule has 2 N–H and O–H groups in total. The monoisotopic (exact) mass is 529 g/mol. The molecule has 37 heavy (non-hydrogen) atoms. The van der Waals surface area contributed by atoms with E-state index in [0.717, 1.165) is 23.3 Å². The summed E-state index contributed by atoms with van der Waals surface area (Å²) in [6.07, 6.45) is -4.72. The van der Waals surface area contributed by atoms with Gasteiger partial charge in [-0.15, -0.1) is 0 Å². The van der Waals surface area contributed by atoms with Crippen LogP contribution in [0.3, 0.4) is 0 Å². The molecule has 1 unspecified atom stereocenters. The summed E-state index contributed by atoms with van der Waals surface area (Å²) in [5, 5.41) is 12.1. The average Bonchev–Trinajstić information content (AvgIpc) is 3.28. The fourth-order valence-electron chi connectivity index (χ4n) is 4.43. The highest BCUT2D eigenvalue weighted by Crippen LogP contribution is 2.37. The summed E-state index contributed by atoms with van der Waals surface area (Å²) in [6.45, 7) is 2.49. The zero-order chi connectivity index (χ0) is 26.5. The molecule has 11 heteroatoms. The van der Waals surface area contributed by atoms with E-state index >= 15 is 0 Å². The van der Waals surface area contributed by atoms with Gasteiger partial charge in [0.1, 0.15) is 10.7 Å². The third-order valence-corrected chi connectivity index (χ3v) is 6.44. The number of anilines is 2. The van der Waals surface area contributed by atoms with Gasteiger partial charge in [0.25, 0.3) is 0 Å². The maximum Gasteiger partial charge on any atom is 0.416 e. The molecule has 5 rings (SSSR count). The summed E-state index contributed by atoms with van der Waals surface area (Å²) in [5.74, 6) is -1.14. The Morgan fingerprint density at radius 2 is 1.81 bits per heavy atom.